The zero-order valence-corrected chi connectivity index (χ0v) is 16.9. The Kier molecular flexibility index (Phi) is 3.69. The molecule has 4 aliphatic rings. The first-order valence-corrected chi connectivity index (χ1v) is 10.5. The zero-order valence-electron chi connectivity index (χ0n) is 16.2. The van der Waals surface area contributed by atoms with Gasteiger partial charge >= 0.3 is 0 Å². The Bertz CT molecular complexity index is 1190. The molecule has 3 atom stereocenters. The van der Waals surface area contributed by atoms with Crippen LogP contribution in [0.1, 0.15) is 33.6 Å². The number of hydrogen-bond acceptors (Lipinski definition) is 5. The molecule has 31 heavy (non-hydrogen) atoms. The first-order valence-electron chi connectivity index (χ1n) is 10.2. The number of halogens is 2. The summed E-state index contributed by atoms with van der Waals surface area (Å²) in [5.74, 6) is -4.48. The molecule has 6 nitrogen and oxygen atoms in total. The minimum atomic E-state index is -1.69. The summed E-state index contributed by atoms with van der Waals surface area (Å²) in [6.45, 7) is 0.478. The van der Waals surface area contributed by atoms with E-state index < -0.39 is 46.6 Å². The molecule has 0 radical (unpaired) electrons. The lowest BCUT2D eigenvalue weighted by Gasteiger charge is -2.35. The number of carbonyl (C=O) groups is 4. The van der Waals surface area contributed by atoms with Gasteiger partial charge in [-0.05, 0) is 37.6 Å². The highest BCUT2D eigenvalue weighted by atomic mass is 35.5. The average Bonchev–Trinajstić information content (AvgIpc) is 3.45. The van der Waals surface area contributed by atoms with Crippen molar-refractivity contribution < 1.29 is 23.6 Å². The monoisotopic (exact) mass is 438 g/mol. The zero-order chi connectivity index (χ0) is 21.7. The van der Waals surface area contributed by atoms with Gasteiger partial charge in [0.05, 0.1) is 22.5 Å². The summed E-state index contributed by atoms with van der Waals surface area (Å²) < 4.78 is 13.7. The largest absolute Gasteiger partial charge is 0.291 e. The number of benzene rings is 2. The molecule has 2 aromatic rings. The van der Waals surface area contributed by atoms with Gasteiger partial charge in [-0.1, -0.05) is 35.9 Å². The van der Waals surface area contributed by atoms with Gasteiger partial charge in [-0.25, -0.2) is 9.29 Å². The summed E-state index contributed by atoms with van der Waals surface area (Å²) >= 11 is 5.88. The van der Waals surface area contributed by atoms with E-state index in [1.807, 2.05) is 0 Å². The Hall–Kier alpha value is -2.90. The van der Waals surface area contributed by atoms with Crippen LogP contribution in [-0.4, -0.2) is 46.4 Å². The van der Waals surface area contributed by atoms with E-state index in [0.29, 0.717) is 24.1 Å². The van der Waals surface area contributed by atoms with Crippen molar-refractivity contribution in [2.75, 3.05) is 11.4 Å². The lowest BCUT2D eigenvalue weighted by Crippen LogP contribution is -2.59. The van der Waals surface area contributed by atoms with Gasteiger partial charge in [0.2, 0.25) is 11.8 Å². The molecule has 0 unspecified atom stereocenters. The summed E-state index contributed by atoms with van der Waals surface area (Å²) in [4.78, 5) is 57.3. The van der Waals surface area contributed by atoms with Crippen molar-refractivity contribution in [3.05, 3.63) is 64.4 Å². The number of amides is 2. The number of ketones is 2. The maximum Gasteiger partial charge on any atom is 0.240 e. The minimum Gasteiger partial charge on any atom is -0.291 e. The molecule has 3 saturated heterocycles. The molecule has 1 aliphatic carbocycles. The summed E-state index contributed by atoms with van der Waals surface area (Å²) in [6.07, 6.45) is 1.35. The average molecular weight is 439 g/mol. The normalized spacial score (nSPS) is 28.6. The smallest absolute Gasteiger partial charge is 0.240 e. The van der Waals surface area contributed by atoms with Crippen LogP contribution in [0.5, 0.6) is 0 Å². The van der Waals surface area contributed by atoms with Crippen LogP contribution in [0.15, 0.2) is 42.5 Å². The standard InChI is InChI=1S/C23H16ClFN2O4/c24-14-10-11(7-8-15(14)25)27-21(30)17-16-6-3-9-26(16)23(18(17)22(27)31)19(28)12-4-1-2-5-13(12)20(23)29/h1-2,4-5,7-8,10,16-18H,3,6,9H2/t16-,17+,18+/m0/s1. The van der Waals surface area contributed by atoms with Crippen LogP contribution in [0.25, 0.3) is 0 Å². The van der Waals surface area contributed by atoms with Crippen LogP contribution in [0.3, 0.4) is 0 Å². The van der Waals surface area contributed by atoms with Gasteiger partial charge in [-0.15, -0.1) is 0 Å². The Morgan fingerprint density at radius 2 is 1.65 bits per heavy atom. The lowest BCUT2D eigenvalue weighted by molar-refractivity contribution is -0.124. The predicted molar refractivity (Wildman–Crippen MR) is 108 cm³/mol. The molecule has 0 aromatic heterocycles. The molecule has 2 amide bonds. The molecule has 156 valence electrons. The van der Waals surface area contributed by atoms with Crippen molar-refractivity contribution >= 4 is 40.7 Å². The van der Waals surface area contributed by atoms with E-state index in [-0.39, 0.29) is 16.8 Å². The summed E-state index contributed by atoms with van der Waals surface area (Å²) in [6, 6.07) is 9.82. The third-order valence-electron chi connectivity index (χ3n) is 7.24. The van der Waals surface area contributed by atoms with Crippen molar-refractivity contribution in [2.45, 2.75) is 24.4 Å². The number of hydrogen-bond donors (Lipinski definition) is 0. The number of imide groups is 1. The van der Waals surface area contributed by atoms with Crippen LogP contribution in [0, 0.1) is 17.7 Å². The Morgan fingerprint density at radius 3 is 2.29 bits per heavy atom. The van der Waals surface area contributed by atoms with E-state index in [0.717, 1.165) is 17.4 Å². The number of fused-ring (bicyclic) bond motifs is 6. The molecule has 0 saturated carbocycles. The fraction of sp³-hybridized carbons (Fsp3) is 0.304. The molecule has 3 aliphatic heterocycles. The number of Topliss-reactive ketones (excluding diaryl/α,β-unsaturated/α-hetero) is 2. The Balaban J connectivity index is 1.54. The van der Waals surface area contributed by atoms with E-state index in [1.54, 1.807) is 29.2 Å². The van der Waals surface area contributed by atoms with Crippen LogP contribution in [0.4, 0.5) is 10.1 Å². The first-order chi connectivity index (χ1) is 14.9. The predicted octanol–water partition coefficient (Wildman–Crippen LogP) is 2.88. The fourth-order valence-corrected chi connectivity index (χ4v) is 6.29. The van der Waals surface area contributed by atoms with Crippen LogP contribution in [0.2, 0.25) is 5.02 Å². The Morgan fingerprint density at radius 1 is 0.968 bits per heavy atom. The van der Waals surface area contributed by atoms with Gasteiger partial charge in [0, 0.05) is 17.2 Å². The molecule has 0 N–H and O–H groups in total. The molecule has 6 rings (SSSR count). The van der Waals surface area contributed by atoms with Gasteiger partial charge in [0.1, 0.15) is 5.82 Å². The molecule has 1 spiro atoms. The van der Waals surface area contributed by atoms with Crippen molar-refractivity contribution in [1.29, 1.82) is 0 Å². The number of nitrogens with zero attached hydrogens (tertiary/aromatic N) is 2. The molecular formula is C23H16ClFN2O4. The summed E-state index contributed by atoms with van der Waals surface area (Å²) in [5.41, 5.74) is -0.962. The molecule has 3 heterocycles. The van der Waals surface area contributed by atoms with Gasteiger partial charge < -0.3 is 0 Å². The maximum absolute atomic E-state index is 13.7. The van der Waals surface area contributed by atoms with Gasteiger partial charge in [0.15, 0.2) is 17.1 Å². The van der Waals surface area contributed by atoms with E-state index in [2.05, 4.69) is 0 Å². The van der Waals surface area contributed by atoms with Gasteiger partial charge in [-0.3, -0.25) is 24.1 Å². The third-order valence-corrected chi connectivity index (χ3v) is 7.53. The van der Waals surface area contributed by atoms with E-state index in [1.165, 1.54) is 12.1 Å². The highest BCUT2D eigenvalue weighted by molar-refractivity contribution is 6.38. The third kappa shape index (κ3) is 2.06. The van der Waals surface area contributed by atoms with Crippen molar-refractivity contribution in [1.82, 2.24) is 4.90 Å². The highest BCUT2D eigenvalue weighted by Gasteiger charge is 2.76. The van der Waals surface area contributed by atoms with Crippen LogP contribution >= 0.6 is 11.6 Å². The maximum atomic E-state index is 13.7. The summed E-state index contributed by atoms with van der Waals surface area (Å²) in [7, 11) is 0. The minimum absolute atomic E-state index is 0.144. The Labute approximate surface area is 181 Å². The second kappa shape index (κ2) is 6.08. The molecule has 3 fully saturated rings. The van der Waals surface area contributed by atoms with Gasteiger partial charge in [0.25, 0.3) is 0 Å². The fourth-order valence-electron chi connectivity index (χ4n) is 6.12. The second-order valence-electron chi connectivity index (χ2n) is 8.49. The number of anilines is 1. The molecular weight excluding hydrogens is 423 g/mol. The second-order valence-corrected chi connectivity index (χ2v) is 8.89. The molecule has 0 bridgehead atoms. The van der Waals surface area contributed by atoms with Crippen molar-refractivity contribution in [3.63, 3.8) is 0 Å². The quantitative estimate of drug-likeness (QED) is 0.505. The number of carbonyl (C=O) groups excluding carboxylic acids is 4. The SMILES string of the molecule is O=C1[C@@H]2[C@@H]3CCCN3C3(C(=O)c4ccccc4C3=O)[C@H]2C(=O)N1c1ccc(F)c(Cl)c1. The van der Waals surface area contributed by atoms with Gasteiger partial charge in [-0.2, -0.15) is 0 Å². The van der Waals surface area contributed by atoms with Crippen LogP contribution in [-0.2, 0) is 9.59 Å². The topological polar surface area (TPSA) is 74.8 Å². The first kappa shape index (κ1) is 18.8. The summed E-state index contributed by atoms with van der Waals surface area (Å²) in [5, 5.41) is -0.215. The van der Waals surface area contributed by atoms with E-state index >= 15 is 0 Å². The molecule has 2 aromatic carbocycles. The number of rotatable bonds is 1. The van der Waals surface area contributed by atoms with Crippen molar-refractivity contribution in [3.8, 4) is 0 Å². The lowest BCUT2D eigenvalue weighted by atomic mass is 9.76. The van der Waals surface area contributed by atoms with Crippen LogP contribution < -0.4 is 4.90 Å². The molecule has 8 heteroatoms. The van der Waals surface area contributed by atoms with E-state index in [9.17, 15) is 23.6 Å². The van der Waals surface area contributed by atoms with Crippen molar-refractivity contribution in [2.24, 2.45) is 11.8 Å². The highest BCUT2D eigenvalue weighted by Crippen LogP contribution is 2.57. The van der Waals surface area contributed by atoms with E-state index in [4.69, 9.17) is 11.6 Å².